The van der Waals surface area contributed by atoms with E-state index in [1.54, 1.807) is 30.9 Å². The van der Waals surface area contributed by atoms with Crippen LogP contribution >= 0.6 is 46.4 Å². The number of aryl methyl sites for hydroxylation is 7. The van der Waals surface area contributed by atoms with Crippen molar-refractivity contribution in [2.24, 2.45) is 5.92 Å². The molecule has 0 atom stereocenters. The maximum Gasteiger partial charge on any atom is 0.288 e. The van der Waals surface area contributed by atoms with Crippen molar-refractivity contribution < 1.29 is 24.2 Å². The Morgan fingerprint density at radius 2 is 0.939 bits per heavy atom. The third-order valence-electron chi connectivity index (χ3n) is 17.5. The number of nitrogen functional groups attached to an aromatic ring is 1. The minimum Gasteiger partial charge on any atom is -0.397 e. The van der Waals surface area contributed by atoms with Gasteiger partial charge in [-0.3, -0.25) is 44.8 Å². The summed E-state index contributed by atoms with van der Waals surface area (Å²) in [6.45, 7) is 21.1. The molecule has 0 saturated carbocycles. The molecule has 11 heterocycles. The third kappa shape index (κ3) is 17.4. The molecule has 3 aromatic carbocycles. The molecule has 3 aliphatic heterocycles. The number of amides is 2. The topological polar surface area (TPSA) is 324 Å². The van der Waals surface area contributed by atoms with Gasteiger partial charge in [0.1, 0.15) is 25.5 Å². The molecule has 11 aromatic rings. The number of hydrogen-bond acceptors (Lipinski definition) is 19. The Bertz CT molecular complexity index is 4760. The fourth-order valence-electron chi connectivity index (χ4n) is 11.8. The molecular formula is C68H74Cl4N20O7. The number of aromatic nitrogens is 12. The van der Waals surface area contributed by atoms with Crippen LogP contribution in [-0.4, -0.2) is 168 Å². The number of piperidine rings is 1. The second-order valence-corrected chi connectivity index (χ2v) is 25.7. The van der Waals surface area contributed by atoms with Crippen LogP contribution in [0, 0.1) is 74.6 Å². The zero-order valence-corrected chi connectivity index (χ0v) is 58.6. The highest BCUT2D eigenvalue weighted by molar-refractivity contribution is 6.32. The van der Waals surface area contributed by atoms with Crippen LogP contribution in [0.5, 0.6) is 0 Å². The number of hydrogen-bond donors (Lipinski definition) is 3. The lowest BCUT2D eigenvalue weighted by molar-refractivity contribution is -0.385. The van der Waals surface area contributed by atoms with Gasteiger partial charge in [-0.2, -0.15) is 20.4 Å². The zero-order valence-electron chi connectivity index (χ0n) is 55.6. The van der Waals surface area contributed by atoms with Crippen LogP contribution < -0.4 is 20.4 Å². The lowest BCUT2D eigenvalue weighted by atomic mass is 9.93. The Morgan fingerprint density at radius 3 is 1.38 bits per heavy atom. The van der Waals surface area contributed by atoms with Gasteiger partial charge in [0.2, 0.25) is 11.8 Å². The summed E-state index contributed by atoms with van der Waals surface area (Å²) in [5.41, 5.74) is 18.7. The van der Waals surface area contributed by atoms with Gasteiger partial charge < -0.3 is 30.2 Å². The Kier molecular flexibility index (Phi) is 23.2. The van der Waals surface area contributed by atoms with Crippen LogP contribution in [0.1, 0.15) is 52.3 Å². The molecule has 0 spiro atoms. The number of anilines is 4. The quantitative estimate of drug-likeness (QED) is 0.0615. The van der Waals surface area contributed by atoms with E-state index in [1.165, 1.54) is 34.9 Å². The summed E-state index contributed by atoms with van der Waals surface area (Å²) in [6, 6.07) is 26.7. The first kappa shape index (κ1) is 71.7. The molecule has 14 rings (SSSR count). The number of alkyl halides is 1. The lowest BCUT2D eigenvalue weighted by Gasteiger charge is -2.36. The predicted octanol–water partition coefficient (Wildman–Crippen LogP) is 11.7. The van der Waals surface area contributed by atoms with E-state index in [2.05, 4.69) is 83.4 Å². The Labute approximate surface area is 589 Å². The number of halogens is 4. The van der Waals surface area contributed by atoms with Gasteiger partial charge in [-0.15, -0.1) is 11.6 Å². The number of Topliss-reactive ketones (excluding diaryl/α,β-unsaturated/α-hetero) is 1. The van der Waals surface area contributed by atoms with Crippen molar-refractivity contribution in [1.29, 1.82) is 0 Å². The van der Waals surface area contributed by atoms with Crippen molar-refractivity contribution in [1.82, 2.24) is 69.7 Å². The summed E-state index contributed by atoms with van der Waals surface area (Å²) in [7, 11) is 0. The molecule has 516 valence electrons. The first-order valence-electron chi connectivity index (χ1n) is 31.9. The predicted molar refractivity (Wildman–Crippen MR) is 386 cm³/mol. The summed E-state index contributed by atoms with van der Waals surface area (Å²) < 4.78 is 3.19. The Balaban J connectivity index is 0.000000141. The molecule has 0 aliphatic carbocycles. The summed E-state index contributed by atoms with van der Waals surface area (Å²) in [4.78, 5) is 84.5. The third-order valence-corrected chi connectivity index (χ3v) is 19.1. The van der Waals surface area contributed by atoms with Crippen molar-refractivity contribution in [3.63, 3.8) is 0 Å². The number of fused-ring (bicyclic) bond motifs is 4. The summed E-state index contributed by atoms with van der Waals surface area (Å²) in [6.07, 6.45) is 7.51. The highest BCUT2D eigenvalue weighted by Gasteiger charge is 2.27. The zero-order chi connectivity index (χ0) is 70.8. The molecule has 0 unspecified atom stereocenters. The average Bonchev–Trinajstić information content (AvgIpc) is 1.57. The maximum atomic E-state index is 12.8. The van der Waals surface area contributed by atoms with Crippen LogP contribution in [0.4, 0.5) is 34.1 Å². The fourth-order valence-corrected chi connectivity index (χ4v) is 12.3. The SMILES string of the molecule is Cc1[nH]nc2ncc([N+](=O)[O-])cc12.Cc1[nH]nc2ncccc12.Cc1cc(N2CCC(C(=O)CCl)CC2)ccc1Cl.Cc1cc(N2CCN(C(=O)Cn3nc(C)c4cc(N)cnc43)CC2)ccc1Cl.Cc1cc(N2CCN(C(=O)Cn3nc(C)c4cc([N+](=O)[O-])cnc43)CC2)ccc1Cl. The number of nitro groups is 2. The van der Waals surface area contributed by atoms with Gasteiger partial charge >= 0.3 is 0 Å². The Hall–Kier alpha value is -10.1. The van der Waals surface area contributed by atoms with Crippen molar-refractivity contribution in [3.05, 3.63) is 184 Å². The van der Waals surface area contributed by atoms with Gasteiger partial charge in [-0.1, -0.05) is 34.8 Å². The highest BCUT2D eigenvalue weighted by atomic mass is 35.5. The van der Waals surface area contributed by atoms with Crippen molar-refractivity contribution in [2.75, 3.05) is 91.8 Å². The second-order valence-electron chi connectivity index (χ2n) is 24.2. The lowest BCUT2D eigenvalue weighted by Crippen LogP contribution is -2.49. The van der Waals surface area contributed by atoms with E-state index in [0.29, 0.717) is 65.3 Å². The van der Waals surface area contributed by atoms with Crippen molar-refractivity contribution in [3.8, 4) is 0 Å². The van der Waals surface area contributed by atoms with E-state index in [0.717, 1.165) is 129 Å². The molecule has 2 amide bonds. The van der Waals surface area contributed by atoms with Gasteiger partial charge in [0.15, 0.2) is 28.4 Å². The molecule has 4 N–H and O–H groups in total. The van der Waals surface area contributed by atoms with E-state index < -0.39 is 9.85 Å². The number of nitrogens with one attached hydrogen (secondary N) is 2. The molecule has 27 nitrogen and oxygen atoms in total. The number of carbonyl (C=O) groups excluding carboxylic acids is 3. The molecule has 0 radical (unpaired) electrons. The van der Waals surface area contributed by atoms with Crippen LogP contribution in [0.15, 0.2) is 110 Å². The number of benzene rings is 3. The first-order valence-corrected chi connectivity index (χ1v) is 33.5. The number of H-pyrrole nitrogens is 2. The first-order chi connectivity index (χ1) is 47.4. The molecular weight excluding hydrogens is 1350 g/mol. The molecule has 3 aliphatic rings. The Morgan fingerprint density at radius 1 is 0.525 bits per heavy atom. The van der Waals surface area contributed by atoms with Crippen LogP contribution in [0.25, 0.3) is 44.1 Å². The maximum absolute atomic E-state index is 12.8. The van der Waals surface area contributed by atoms with Crippen LogP contribution in [0.3, 0.4) is 0 Å². The second kappa shape index (κ2) is 32.1. The number of nitrogens with two attached hydrogens (primary N) is 1. The molecule has 99 heavy (non-hydrogen) atoms. The average molecular weight is 1430 g/mol. The van der Waals surface area contributed by atoms with Gasteiger partial charge in [0, 0.05) is 155 Å². The van der Waals surface area contributed by atoms with Crippen molar-refractivity contribution >= 4 is 142 Å². The van der Waals surface area contributed by atoms with E-state index in [1.807, 2.05) is 99.0 Å². The van der Waals surface area contributed by atoms with Crippen molar-refractivity contribution in [2.45, 2.75) is 74.4 Å². The summed E-state index contributed by atoms with van der Waals surface area (Å²) >= 11 is 23.9. The van der Waals surface area contributed by atoms with Crippen LogP contribution in [0.2, 0.25) is 15.1 Å². The van der Waals surface area contributed by atoms with Crippen LogP contribution in [-0.2, 0) is 27.5 Å². The molecule has 3 fully saturated rings. The molecule has 3 saturated heterocycles. The van der Waals surface area contributed by atoms with E-state index in [4.69, 9.17) is 52.1 Å². The number of piperazine rings is 2. The number of ketones is 1. The summed E-state index contributed by atoms with van der Waals surface area (Å²) in [5, 5.41) is 49.2. The number of nitrogens with zero attached hydrogens (tertiary/aromatic N) is 17. The number of aromatic amines is 2. The fraction of sp³-hybridized carbons (Fsp3) is 0.338. The number of carbonyl (C=O) groups is 3. The van der Waals surface area contributed by atoms with Gasteiger partial charge in [-0.05, 0) is 151 Å². The smallest absolute Gasteiger partial charge is 0.288 e. The highest BCUT2D eigenvalue weighted by Crippen LogP contribution is 2.30. The van der Waals surface area contributed by atoms with Gasteiger partial charge in [0.25, 0.3) is 11.4 Å². The minimum atomic E-state index is -0.490. The van der Waals surface area contributed by atoms with Gasteiger partial charge in [-0.25, -0.2) is 29.3 Å². The molecule has 8 aromatic heterocycles. The van der Waals surface area contributed by atoms with E-state index >= 15 is 0 Å². The molecule has 31 heteroatoms. The van der Waals surface area contributed by atoms with E-state index in [-0.39, 0.29) is 53.9 Å². The van der Waals surface area contributed by atoms with Gasteiger partial charge in [0.05, 0.1) is 39.0 Å². The normalized spacial score (nSPS) is 14.0. The summed E-state index contributed by atoms with van der Waals surface area (Å²) in [5.74, 6) is 0.474. The minimum absolute atomic E-state index is 0.0167. The largest absolute Gasteiger partial charge is 0.397 e. The van der Waals surface area contributed by atoms with E-state index in [9.17, 15) is 34.6 Å². The standard InChI is InChI=1S/C20H21ClN6O3.C20H23ClN6O.C14H17Cl2NO.C7H6N4O2.C7H7N3/c1-13-9-15(3-4-18(13)21)24-5-7-25(8-6-24)19(28)12-26-20-17(14(2)23-26)10-16(11-22-20)27(29)30;1-13-9-16(3-4-18(13)21)25-5-7-26(8-6-25)19(28)12-27-20-17(14(2)24-27)10-15(22)11-23-20;1-10-8-12(2-3-13(10)16)17-6-4-11(5-7-17)14(18)9-15;1-4-6-2-5(11(12)13)3-8-7(6)10-9-4;1-5-6-3-2-4-8-7(6)10-9-5/h3-4,9-11H,5-8,12H2,1-2H3;3-4,9-11H,5-8,12,22H2,1-2H3;2-3,8,11H,4-7,9H2,1H3;2-3H,1H3,(H,8,9,10);2-4H,1H3,(H,8,9,10). The molecule has 0 bridgehead atoms. The monoisotopic (exact) mass is 1420 g/mol. The number of rotatable bonds is 11. The number of pyridine rings is 4.